The van der Waals surface area contributed by atoms with E-state index in [1.54, 1.807) is 12.3 Å². The van der Waals surface area contributed by atoms with Crippen LogP contribution in [0.1, 0.15) is 11.3 Å². The molecule has 3 N–H and O–H groups in total. The maximum Gasteiger partial charge on any atom is 0.257 e. The van der Waals surface area contributed by atoms with Crippen LogP contribution in [0, 0.1) is 5.41 Å². The number of hydrogen-bond donors (Lipinski definition) is 2. The summed E-state index contributed by atoms with van der Waals surface area (Å²) in [5.74, 6) is 0.661. The monoisotopic (exact) mass is 284 g/mol. The largest absolute Gasteiger partial charge is 0.431 e. The molecule has 3 rings (SSSR count). The van der Waals surface area contributed by atoms with Crippen LogP contribution in [0.25, 0.3) is 11.1 Å². The van der Waals surface area contributed by atoms with Gasteiger partial charge in [0.1, 0.15) is 17.0 Å². The van der Waals surface area contributed by atoms with E-state index in [4.69, 9.17) is 15.6 Å². The number of aromatic nitrogens is 2. The number of benzene rings is 1. The van der Waals surface area contributed by atoms with E-state index in [1.165, 1.54) is 11.8 Å². The summed E-state index contributed by atoms with van der Waals surface area (Å²) >= 11 is 1.50. The minimum atomic E-state index is -0.0290. The van der Waals surface area contributed by atoms with Crippen molar-refractivity contribution >= 4 is 28.7 Å². The van der Waals surface area contributed by atoms with Crippen LogP contribution in [-0.4, -0.2) is 15.8 Å². The minimum absolute atomic E-state index is 0.0290. The van der Waals surface area contributed by atoms with E-state index in [-0.39, 0.29) is 5.84 Å². The molecule has 3 aromatic rings. The Morgan fingerprint density at radius 1 is 1.30 bits per heavy atom. The summed E-state index contributed by atoms with van der Waals surface area (Å²) < 4.78 is 5.64. The highest BCUT2D eigenvalue weighted by molar-refractivity contribution is 7.98. The van der Waals surface area contributed by atoms with Gasteiger partial charge in [0.15, 0.2) is 5.58 Å². The van der Waals surface area contributed by atoms with Crippen molar-refractivity contribution in [3.8, 4) is 0 Å². The molecule has 0 fully saturated rings. The van der Waals surface area contributed by atoms with Gasteiger partial charge in [0.05, 0.1) is 0 Å². The SMILES string of the molecule is N=C(N)c1cc(CSc2nc3ccccc3o2)ccn1. The molecule has 100 valence electrons. The van der Waals surface area contributed by atoms with Gasteiger partial charge in [0, 0.05) is 11.9 Å². The lowest BCUT2D eigenvalue weighted by Gasteiger charge is -2.01. The summed E-state index contributed by atoms with van der Waals surface area (Å²) in [7, 11) is 0. The first-order valence-corrected chi connectivity index (χ1v) is 6.98. The highest BCUT2D eigenvalue weighted by Crippen LogP contribution is 2.26. The summed E-state index contributed by atoms with van der Waals surface area (Å²) in [6, 6.07) is 11.4. The maximum atomic E-state index is 7.38. The highest BCUT2D eigenvalue weighted by Gasteiger charge is 2.07. The lowest BCUT2D eigenvalue weighted by molar-refractivity contribution is 0.489. The van der Waals surface area contributed by atoms with Gasteiger partial charge in [-0.3, -0.25) is 10.4 Å². The molecule has 0 aliphatic heterocycles. The molecule has 0 unspecified atom stereocenters. The number of amidine groups is 1. The summed E-state index contributed by atoms with van der Waals surface area (Å²) in [5, 5.41) is 8.01. The molecular weight excluding hydrogens is 272 g/mol. The molecule has 20 heavy (non-hydrogen) atoms. The third-order valence-corrected chi connectivity index (χ3v) is 3.64. The van der Waals surface area contributed by atoms with E-state index in [0.717, 1.165) is 16.7 Å². The third-order valence-electron chi connectivity index (χ3n) is 2.74. The Bertz CT molecular complexity index is 735. The minimum Gasteiger partial charge on any atom is -0.431 e. The summed E-state index contributed by atoms with van der Waals surface area (Å²) in [6.45, 7) is 0. The van der Waals surface area contributed by atoms with Crippen LogP contribution in [-0.2, 0) is 5.75 Å². The van der Waals surface area contributed by atoms with Gasteiger partial charge in [-0.15, -0.1) is 0 Å². The van der Waals surface area contributed by atoms with Gasteiger partial charge >= 0.3 is 0 Å². The predicted octanol–water partition coefficient (Wildman–Crippen LogP) is 2.80. The lowest BCUT2D eigenvalue weighted by Crippen LogP contribution is -2.13. The molecule has 5 nitrogen and oxygen atoms in total. The fourth-order valence-corrected chi connectivity index (χ4v) is 2.55. The molecule has 0 saturated carbocycles. The average Bonchev–Trinajstić information content (AvgIpc) is 2.88. The Morgan fingerprint density at radius 2 is 2.15 bits per heavy atom. The van der Waals surface area contributed by atoms with Crippen molar-refractivity contribution in [2.75, 3.05) is 0 Å². The Hall–Kier alpha value is -2.34. The first-order valence-electron chi connectivity index (χ1n) is 6.00. The van der Waals surface area contributed by atoms with Crippen LogP contribution in [0.4, 0.5) is 0 Å². The molecular formula is C14H12N4OS. The van der Waals surface area contributed by atoms with Crippen LogP contribution in [0.15, 0.2) is 52.2 Å². The molecule has 0 spiro atoms. The number of thioether (sulfide) groups is 1. The van der Waals surface area contributed by atoms with E-state index >= 15 is 0 Å². The number of hydrogen-bond acceptors (Lipinski definition) is 5. The number of nitrogens with one attached hydrogen (secondary N) is 1. The van der Waals surface area contributed by atoms with Gasteiger partial charge in [-0.05, 0) is 29.8 Å². The number of fused-ring (bicyclic) bond motifs is 1. The van der Waals surface area contributed by atoms with Gasteiger partial charge < -0.3 is 10.2 Å². The first kappa shape index (κ1) is 12.7. The smallest absolute Gasteiger partial charge is 0.257 e. The number of nitrogens with two attached hydrogens (primary N) is 1. The fourth-order valence-electron chi connectivity index (χ4n) is 1.77. The predicted molar refractivity (Wildman–Crippen MR) is 78.8 cm³/mol. The second kappa shape index (κ2) is 5.34. The summed E-state index contributed by atoms with van der Waals surface area (Å²) in [4.78, 5) is 8.43. The van der Waals surface area contributed by atoms with Gasteiger partial charge in [0.25, 0.3) is 5.22 Å². The van der Waals surface area contributed by atoms with Crippen LogP contribution in [0.2, 0.25) is 0 Å². The zero-order valence-corrected chi connectivity index (χ0v) is 11.4. The molecule has 0 amide bonds. The molecule has 2 heterocycles. The average molecular weight is 284 g/mol. The highest BCUT2D eigenvalue weighted by atomic mass is 32.2. The maximum absolute atomic E-state index is 7.38. The Morgan fingerprint density at radius 3 is 2.95 bits per heavy atom. The van der Waals surface area contributed by atoms with Gasteiger partial charge in [-0.2, -0.15) is 0 Å². The van der Waals surface area contributed by atoms with Crippen LogP contribution in [0.3, 0.4) is 0 Å². The number of para-hydroxylation sites is 2. The van der Waals surface area contributed by atoms with Crippen molar-refractivity contribution in [1.29, 1.82) is 5.41 Å². The number of nitrogens with zero attached hydrogens (tertiary/aromatic N) is 2. The van der Waals surface area contributed by atoms with Crippen molar-refractivity contribution in [3.05, 3.63) is 53.9 Å². The number of rotatable bonds is 4. The van der Waals surface area contributed by atoms with Crippen LogP contribution >= 0.6 is 11.8 Å². The number of pyridine rings is 1. The van der Waals surface area contributed by atoms with Crippen molar-refractivity contribution in [3.63, 3.8) is 0 Å². The normalized spacial score (nSPS) is 10.8. The second-order valence-corrected chi connectivity index (χ2v) is 5.13. The standard InChI is InChI=1S/C14H12N4OS/c15-13(16)11-7-9(5-6-17-11)8-20-14-18-10-3-1-2-4-12(10)19-14/h1-7H,8H2,(H3,15,16). The van der Waals surface area contributed by atoms with Crippen molar-refractivity contribution in [1.82, 2.24) is 9.97 Å². The summed E-state index contributed by atoms with van der Waals surface area (Å²) in [6.07, 6.45) is 1.65. The first-order chi connectivity index (χ1) is 9.72. The fraction of sp³-hybridized carbons (Fsp3) is 0.0714. The molecule has 0 aliphatic carbocycles. The molecule has 0 saturated heterocycles. The molecule has 2 aromatic heterocycles. The number of nitrogen functional groups attached to an aromatic ring is 1. The van der Waals surface area contributed by atoms with Gasteiger partial charge in [0.2, 0.25) is 0 Å². The molecule has 0 bridgehead atoms. The zero-order valence-electron chi connectivity index (χ0n) is 10.5. The van der Waals surface area contributed by atoms with Gasteiger partial charge in [-0.1, -0.05) is 23.9 Å². The Labute approximate surface area is 119 Å². The van der Waals surface area contributed by atoms with Crippen molar-refractivity contribution in [2.45, 2.75) is 11.0 Å². The molecule has 0 atom stereocenters. The van der Waals surface area contributed by atoms with Crippen molar-refractivity contribution in [2.24, 2.45) is 5.73 Å². The zero-order chi connectivity index (χ0) is 13.9. The lowest BCUT2D eigenvalue weighted by atomic mass is 10.2. The van der Waals surface area contributed by atoms with E-state index < -0.39 is 0 Å². The topological polar surface area (TPSA) is 88.8 Å². The van der Waals surface area contributed by atoms with E-state index in [2.05, 4.69) is 9.97 Å². The molecule has 6 heteroatoms. The molecule has 1 aromatic carbocycles. The molecule has 0 radical (unpaired) electrons. The van der Waals surface area contributed by atoms with E-state index in [0.29, 0.717) is 16.7 Å². The molecule has 0 aliphatic rings. The van der Waals surface area contributed by atoms with Crippen molar-refractivity contribution < 1.29 is 4.42 Å². The van der Waals surface area contributed by atoms with Crippen LogP contribution < -0.4 is 5.73 Å². The quantitative estimate of drug-likeness (QED) is 0.437. The second-order valence-electron chi connectivity index (χ2n) is 4.20. The van der Waals surface area contributed by atoms with Crippen LogP contribution in [0.5, 0.6) is 0 Å². The van der Waals surface area contributed by atoms with Gasteiger partial charge in [-0.25, -0.2) is 4.98 Å². The van der Waals surface area contributed by atoms with E-state index in [1.807, 2.05) is 30.3 Å². The summed E-state index contributed by atoms with van der Waals surface area (Å²) in [5.41, 5.74) is 8.58. The number of oxazole rings is 1. The Balaban J connectivity index is 1.75. The van der Waals surface area contributed by atoms with E-state index in [9.17, 15) is 0 Å². The Kier molecular flexibility index (Phi) is 3.39. The third kappa shape index (κ3) is 2.65.